The summed E-state index contributed by atoms with van der Waals surface area (Å²) in [5, 5.41) is 0. The fraction of sp³-hybridized carbons (Fsp3) is 0.450. The molecule has 0 spiro atoms. The number of likely N-dealkylation sites (tertiary alicyclic amines) is 1. The van der Waals surface area contributed by atoms with Gasteiger partial charge in [-0.1, -0.05) is 26.8 Å². The third-order valence-corrected chi connectivity index (χ3v) is 4.74. The lowest BCUT2D eigenvalue weighted by Crippen LogP contribution is -2.44. The highest BCUT2D eigenvalue weighted by Crippen LogP contribution is 2.22. The Labute approximate surface area is 157 Å². The van der Waals surface area contributed by atoms with E-state index in [4.69, 9.17) is 0 Å². The van der Waals surface area contributed by atoms with E-state index in [0.717, 1.165) is 0 Å². The van der Waals surface area contributed by atoms with E-state index in [0.29, 0.717) is 30.9 Å². The lowest BCUT2D eigenvalue weighted by Gasteiger charge is -2.31. The van der Waals surface area contributed by atoms with Gasteiger partial charge in [-0.2, -0.15) is 0 Å². The summed E-state index contributed by atoms with van der Waals surface area (Å²) in [4.78, 5) is 50.5. The van der Waals surface area contributed by atoms with Crippen molar-refractivity contribution in [3.63, 3.8) is 0 Å². The first-order valence-corrected chi connectivity index (χ1v) is 9.11. The second kappa shape index (κ2) is 7.42. The van der Waals surface area contributed by atoms with Gasteiger partial charge in [0.25, 0.3) is 11.5 Å². The van der Waals surface area contributed by atoms with Gasteiger partial charge in [0.05, 0.1) is 0 Å². The van der Waals surface area contributed by atoms with Gasteiger partial charge in [0, 0.05) is 36.8 Å². The van der Waals surface area contributed by atoms with Gasteiger partial charge in [-0.3, -0.25) is 19.4 Å². The van der Waals surface area contributed by atoms with Crippen LogP contribution in [0.4, 0.5) is 0 Å². The van der Waals surface area contributed by atoms with Crippen molar-refractivity contribution in [1.29, 1.82) is 0 Å². The minimum absolute atomic E-state index is 0.00827. The third kappa shape index (κ3) is 4.13. The van der Waals surface area contributed by atoms with E-state index in [-0.39, 0.29) is 35.1 Å². The molecule has 1 atom stereocenters. The molecule has 3 rings (SSSR count). The van der Waals surface area contributed by atoms with Crippen LogP contribution >= 0.6 is 0 Å². The quantitative estimate of drug-likeness (QED) is 0.838. The molecule has 142 valence electrons. The Hall–Kier alpha value is -2.83. The molecular formula is C20H24N4O3. The van der Waals surface area contributed by atoms with Crippen LogP contribution in [0.2, 0.25) is 0 Å². The topological polar surface area (TPSA) is 96.0 Å². The van der Waals surface area contributed by atoms with Gasteiger partial charge in [0.15, 0.2) is 5.78 Å². The normalized spacial score (nSPS) is 17.6. The zero-order valence-corrected chi connectivity index (χ0v) is 15.9. The van der Waals surface area contributed by atoms with Crippen molar-refractivity contribution >= 4 is 11.7 Å². The zero-order chi connectivity index (χ0) is 19.6. The van der Waals surface area contributed by atoms with Gasteiger partial charge in [-0.05, 0) is 25.0 Å². The van der Waals surface area contributed by atoms with Crippen molar-refractivity contribution in [1.82, 2.24) is 19.9 Å². The first-order valence-electron chi connectivity index (χ1n) is 9.11. The molecule has 1 unspecified atom stereocenters. The Morgan fingerprint density at radius 3 is 2.63 bits per heavy atom. The van der Waals surface area contributed by atoms with Crippen LogP contribution in [-0.2, 0) is 5.41 Å². The monoisotopic (exact) mass is 368 g/mol. The van der Waals surface area contributed by atoms with Crippen molar-refractivity contribution in [3.05, 3.63) is 58.0 Å². The van der Waals surface area contributed by atoms with Crippen molar-refractivity contribution in [2.45, 2.75) is 39.0 Å². The highest BCUT2D eigenvalue weighted by atomic mass is 16.2. The minimum Gasteiger partial charge on any atom is -0.338 e. The number of hydrogen-bond acceptors (Lipinski definition) is 5. The van der Waals surface area contributed by atoms with Crippen molar-refractivity contribution in [3.8, 4) is 0 Å². The smallest absolute Gasteiger partial charge is 0.263 e. The molecule has 1 aliphatic heterocycles. The minimum atomic E-state index is -0.446. The Balaban J connectivity index is 1.77. The molecule has 0 radical (unpaired) electrons. The molecular weight excluding hydrogens is 344 g/mol. The van der Waals surface area contributed by atoms with Crippen LogP contribution in [-0.4, -0.2) is 44.6 Å². The Kier molecular flexibility index (Phi) is 5.21. The molecule has 7 nitrogen and oxygen atoms in total. The molecule has 7 heteroatoms. The maximum Gasteiger partial charge on any atom is 0.263 e. The highest BCUT2D eigenvalue weighted by molar-refractivity contribution is 5.97. The van der Waals surface area contributed by atoms with Crippen LogP contribution in [0, 0.1) is 5.92 Å². The number of rotatable bonds is 3. The average Bonchev–Trinajstić information content (AvgIpc) is 2.67. The van der Waals surface area contributed by atoms with Crippen LogP contribution in [0.15, 0.2) is 35.4 Å². The number of carbonyl (C=O) groups is 2. The van der Waals surface area contributed by atoms with E-state index in [1.165, 1.54) is 6.20 Å². The summed E-state index contributed by atoms with van der Waals surface area (Å²) in [7, 11) is 0. The molecule has 1 saturated heterocycles. The number of pyridine rings is 1. The SMILES string of the molecule is CC(C)(C)c1ncc(C(=O)N2CCCC(C(=O)c3ccccn3)C2)c(=O)[nH]1. The zero-order valence-electron chi connectivity index (χ0n) is 15.9. The molecule has 1 N–H and O–H groups in total. The Morgan fingerprint density at radius 1 is 1.22 bits per heavy atom. The molecule has 0 bridgehead atoms. The lowest BCUT2D eigenvalue weighted by atomic mass is 9.91. The van der Waals surface area contributed by atoms with Crippen LogP contribution < -0.4 is 5.56 Å². The summed E-state index contributed by atoms with van der Waals surface area (Å²) in [6.45, 7) is 6.61. The van der Waals surface area contributed by atoms with E-state index in [1.807, 2.05) is 20.8 Å². The summed E-state index contributed by atoms with van der Waals surface area (Å²) in [6, 6.07) is 5.21. The summed E-state index contributed by atoms with van der Waals surface area (Å²) in [5.74, 6) is -0.227. The lowest BCUT2D eigenvalue weighted by molar-refractivity contribution is 0.0633. The first kappa shape index (κ1) is 18.9. The van der Waals surface area contributed by atoms with Crippen LogP contribution in [0.1, 0.15) is 60.3 Å². The van der Waals surface area contributed by atoms with Gasteiger partial charge in [0.1, 0.15) is 17.1 Å². The molecule has 1 fully saturated rings. The number of H-pyrrole nitrogens is 1. The number of nitrogens with zero attached hydrogens (tertiary/aromatic N) is 3. The van der Waals surface area contributed by atoms with E-state index in [1.54, 1.807) is 29.3 Å². The molecule has 0 aliphatic carbocycles. The van der Waals surface area contributed by atoms with Crippen molar-refractivity contribution in [2.24, 2.45) is 5.92 Å². The summed E-state index contributed by atoms with van der Waals surface area (Å²) in [6.07, 6.45) is 4.34. The number of aromatic amines is 1. The Bertz CT molecular complexity index is 899. The average molecular weight is 368 g/mol. The fourth-order valence-electron chi connectivity index (χ4n) is 3.19. The van der Waals surface area contributed by atoms with E-state index in [9.17, 15) is 14.4 Å². The molecule has 1 amide bonds. The summed E-state index contributed by atoms with van der Waals surface area (Å²) in [5.41, 5.74) is -0.343. The van der Waals surface area contributed by atoms with Crippen molar-refractivity contribution in [2.75, 3.05) is 13.1 Å². The molecule has 3 heterocycles. The Morgan fingerprint density at radius 2 is 2.00 bits per heavy atom. The number of Topliss-reactive ketones (excluding diaryl/α,β-unsaturated/α-hetero) is 1. The number of nitrogens with one attached hydrogen (secondary N) is 1. The predicted octanol–water partition coefficient (Wildman–Crippen LogP) is 2.20. The largest absolute Gasteiger partial charge is 0.338 e. The highest BCUT2D eigenvalue weighted by Gasteiger charge is 2.31. The number of carbonyl (C=O) groups excluding carboxylic acids is 2. The van der Waals surface area contributed by atoms with E-state index in [2.05, 4.69) is 15.0 Å². The standard InChI is InChI=1S/C20H24N4O3/c1-20(2,3)19-22-11-14(17(26)23-19)18(27)24-10-6-7-13(12-24)16(25)15-8-4-5-9-21-15/h4-5,8-9,11,13H,6-7,10,12H2,1-3H3,(H,22,23,26). The van der Waals surface area contributed by atoms with Crippen LogP contribution in [0.5, 0.6) is 0 Å². The molecule has 2 aromatic heterocycles. The molecule has 2 aromatic rings. The van der Waals surface area contributed by atoms with Gasteiger partial charge in [0.2, 0.25) is 0 Å². The summed E-state index contributed by atoms with van der Waals surface area (Å²) >= 11 is 0. The van der Waals surface area contributed by atoms with Crippen molar-refractivity contribution < 1.29 is 9.59 Å². The maximum atomic E-state index is 12.8. The second-order valence-electron chi connectivity index (χ2n) is 7.89. The fourth-order valence-corrected chi connectivity index (χ4v) is 3.19. The first-order chi connectivity index (χ1) is 12.8. The summed E-state index contributed by atoms with van der Waals surface area (Å²) < 4.78 is 0. The number of aromatic nitrogens is 3. The molecule has 1 aliphatic rings. The van der Waals surface area contributed by atoms with E-state index < -0.39 is 5.56 Å². The number of ketones is 1. The van der Waals surface area contributed by atoms with Crippen LogP contribution in [0.3, 0.4) is 0 Å². The molecule has 27 heavy (non-hydrogen) atoms. The van der Waals surface area contributed by atoms with Gasteiger partial charge >= 0.3 is 0 Å². The maximum absolute atomic E-state index is 12.8. The van der Waals surface area contributed by atoms with E-state index >= 15 is 0 Å². The van der Waals surface area contributed by atoms with Gasteiger partial charge in [-0.25, -0.2) is 4.98 Å². The van der Waals surface area contributed by atoms with Gasteiger partial charge < -0.3 is 9.88 Å². The number of amides is 1. The van der Waals surface area contributed by atoms with Crippen LogP contribution in [0.25, 0.3) is 0 Å². The number of hydrogen-bond donors (Lipinski definition) is 1. The third-order valence-electron chi connectivity index (χ3n) is 4.74. The predicted molar refractivity (Wildman–Crippen MR) is 101 cm³/mol. The van der Waals surface area contributed by atoms with Gasteiger partial charge in [-0.15, -0.1) is 0 Å². The second-order valence-corrected chi connectivity index (χ2v) is 7.89. The molecule has 0 aromatic carbocycles. The number of piperidine rings is 1. The molecule has 0 saturated carbocycles.